The van der Waals surface area contributed by atoms with Crippen LogP contribution >= 0.6 is 0 Å². The average Bonchev–Trinajstić information content (AvgIpc) is 2.73. The molecule has 23 heavy (non-hydrogen) atoms. The third-order valence-electron chi connectivity index (χ3n) is 8.35. The van der Waals surface area contributed by atoms with Crippen molar-refractivity contribution in [2.75, 3.05) is 0 Å². The first-order valence-electron chi connectivity index (χ1n) is 9.53. The van der Waals surface area contributed by atoms with Crippen LogP contribution in [0.5, 0.6) is 0 Å². The molecule has 0 heterocycles. The Hall–Kier alpha value is -0.380. The van der Waals surface area contributed by atoms with Crippen molar-refractivity contribution in [1.29, 1.82) is 0 Å². The lowest BCUT2D eigenvalue weighted by Crippen LogP contribution is -2.55. The van der Waals surface area contributed by atoms with Crippen molar-refractivity contribution in [2.45, 2.75) is 77.6 Å². The molecular formula is C20H32O3. The summed E-state index contributed by atoms with van der Waals surface area (Å²) in [6.45, 7) is 6.87. The quantitative estimate of drug-likeness (QED) is 0.602. The highest BCUT2D eigenvalue weighted by Crippen LogP contribution is 2.65. The van der Waals surface area contributed by atoms with Crippen LogP contribution in [0.4, 0.5) is 0 Å². The van der Waals surface area contributed by atoms with Gasteiger partial charge in [0.25, 0.3) is 0 Å². The first-order chi connectivity index (χ1) is 10.8. The lowest BCUT2D eigenvalue weighted by molar-refractivity contribution is -0.108. The van der Waals surface area contributed by atoms with Crippen LogP contribution in [-0.4, -0.2) is 33.6 Å². The highest BCUT2D eigenvalue weighted by atomic mass is 16.3. The van der Waals surface area contributed by atoms with Gasteiger partial charge in [0.15, 0.2) is 0 Å². The van der Waals surface area contributed by atoms with E-state index >= 15 is 0 Å². The molecule has 0 aromatic carbocycles. The summed E-state index contributed by atoms with van der Waals surface area (Å²) in [5, 5.41) is 31.7. The molecule has 0 saturated heterocycles. The summed E-state index contributed by atoms with van der Waals surface area (Å²) in [5.74, 6) is 1.65. The minimum Gasteiger partial charge on any atom is -0.390 e. The number of aliphatic hydroxyl groups is 3. The molecule has 9 atom stereocenters. The summed E-state index contributed by atoms with van der Waals surface area (Å²) in [4.78, 5) is 0. The third-order valence-corrected chi connectivity index (χ3v) is 8.35. The second-order valence-corrected chi connectivity index (χ2v) is 9.53. The molecule has 130 valence electrons. The maximum absolute atomic E-state index is 10.9. The van der Waals surface area contributed by atoms with E-state index in [1.807, 2.05) is 0 Å². The van der Waals surface area contributed by atoms with Crippen molar-refractivity contribution < 1.29 is 15.3 Å². The lowest BCUT2D eigenvalue weighted by atomic mass is 9.47. The standard InChI is InChI=1S/C20H32O3/c1-11-4-6-19(2)12(8-11)9-15(21)17-13(19)5-7-20(3)14(17)10-16(22)18(20)23/h9,11,13-18,21-23H,4-8,10H2,1-3H3/t11-,13?,14?,15?,16+,17?,18-,19-,20-/m0/s1. The van der Waals surface area contributed by atoms with E-state index in [1.165, 1.54) is 18.4 Å². The van der Waals surface area contributed by atoms with Crippen LogP contribution in [0, 0.1) is 34.5 Å². The summed E-state index contributed by atoms with van der Waals surface area (Å²) < 4.78 is 0. The van der Waals surface area contributed by atoms with Gasteiger partial charge >= 0.3 is 0 Å². The average molecular weight is 320 g/mol. The Kier molecular flexibility index (Phi) is 3.54. The number of fused-ring (bicyclic) bond motifs is 5. The van der Waals surface area contributed by atoms with E-state index < -0.39 is 18.3 Å². The molecule has 4 aliphatic rings. The molecule has 3 fully saturated rings. The molecule has 0 radical (unpaired) electrons. The van der Waals surface area contributed by atoms with Crippen LogP contribution in [0.1, 0.15) is 59.3 Å². The predicted molar refractivity (Wildman–Crippen MR) is 89.7 cm³/mol. The number of aliphatic hydroxyl groups excluding tert-OH is 3. The molecule has 3 nitrogen and oxygen atoms in total. The lowest BCUT2D eigenvalue weighted by Gasteiger charge is -2.58. The monoisotopic (exact) mass is 320 g/mol. The van der Waals surface area contributed by atoms with Gasteiger partial charge in [-0.15, -0.1) is 0 Å². The fraction of sp³-hybridized carbons (Fsp3) is 0.900. The van der Waals surface area contributed by atoms with Crippen LogP contribution < -0.4 is 0 Å². The highest BCUT2D eigenvalue weighted by molar-refractivity contribution is 5.27. The molecule has 0 spiro atoms. The van der Waals surface area contributed by atoms with Gasteiger partial charge in [-0.25, -0.2) is 0 Å². The number of hydrogen-bond donors (Lipinski definition) is 3. The molecular weight excluding hydrogens is 288 g/mol. The maximum Gasteiger partial charge on any atom is 0.0855 e. The van der Waals surface area contributed by atoms with Crippen molar-refractivity contribution in [1.82, 2.24) is 0 Å². The van der Waals surface area contributed by atoms with Gasteiger partial charge in [0.05, 0.1) is 18.3 Å². The Morgan fingerprint density at radius 3 is 2.52 bits per heavy atom. The molecule has 4 aliphatic carbocycles. The first-order valence-corrected chi connectivity index (χ1v) is 9.53. The minimum atomic E-state index is -0.634. The van der Waals surface area contributed by atoms with Gasteiger partial charge in [-0.3, -0.25) is 0 Å². The number of allylic oxidation sites excluding steroid dienone is 1. The van der Waals surface area contributed by atoms with E-state index in [9.17, 15) is 15.3 Å². The van der Waals surface area contributed by atoms with E-state index in [4.69, 9.17) is 0 Å². The third kappa shape index (κ3) is 2.06. The predicted octanol–water partition coefficient (Wildman–Crippen LogP) is 2.89. The van der Waals surface area contributed by atoms with Crippen molar-refractivity contribution >= 4 is 0 Å². The Labute approximate surface area is 139 Å². The Balaban J connectivity index is 1.73. The number of hydrogen-bond acceptors (Lipinski definition) is 3. The molecule has 0 aromatic rings. The summed E-state index contributed by atoms with van der Waals surface area (Å²) in [7, 11) is 0. The largest absolute Gasteiger partial charge is 0.390 e. The zero-order chi connectivity index (χ0) is 16.6. The summed E-state index contributed by atoms with van der Waals surface area (Å²) in [5.41, 5.74) is 1.47. The summed E-state index contributed by atoms with van der Waals surface area (Å²) in [6, 6.07) is 0. The van der Waals surface area contributed by atoms with E-state index in [0.29, 0.717) is 12.3 Å². The fourth-order valence-corrected chi connectivity index (χ4v) is 6.82. The van der Waals surface area contributed by atoms with Crippen LogP contribution in [-0.2, 0) is 0 Å². The summed E-state index contributed by atoms with van der Waals surface area (Å²) >= 11 is 0. The van der Waals surface area contributed by atoms with Crippen molar-refractivity contribution in [2.24, 2.45) is 34.5 Å². The van der Waals surface area contributed by atoms with Crippen LogP contribution in [0.25, 0.3) is 0 Å². The molecule has 0 amide bonds. The highest BCUT2D eigenvalue weighted by Gasteiger charge is 2.62. The zero-order valence-corrected chi connectivity index (χ0v) is 14.7. The molecule has 3 heteroatoms. The zero-order valence-electron chi connectivity index (χ0n) is 14.7. The van der Waals surface area contributed by atoms with Crippen molar-refractivity contribution in [3.05, 3.63) is 11.6 Å². The van der Waals surface area contributed by atoms with Gasteiger partial charge in [0, 0.05) is 0 Å². The first kappa shape index (κ1) is 16.1. The Morgan fingerprint density at radius 2 is 1.78 bits per heavy atom. The Morgan fingerprint density at radius 1 is 1.04 bits per heavy atom. The smallest absolute Gasteiger partial charge is 0.0855 e. The SMILES string of the molecule is C[C@H]1CC[C@@]2(C)C(=CC(O)C3C2CC[C@@]2(C)C3C[C@@H](O)[C@@H]2O)C1. The topological polar surface area (TPSA) is 60.7 Å². The van der Waals surface area contributed by atoms with Crippen LogP contribution in [0.2, 0.25) is 0 Å². The molecule has 3 saturated carbocycles. The second kappa shape index (κ2) is 5.06. The molecule has 4 unspecified atom stereocenters. The van der Waals surface area contributed by atoms with Crippen LogP contribution in [0.15, 0.2) is 11.6 Å². The van der Waals surface area contributed by atoms with E-state index in [1.54, 1.807) is 0 Å². The molecule has 0 aliphatic heterocycles. The van der Waals surface area contributed by atoms with Crippen molar-refractivity contribution in [3.63, 3.8) is 0 Å². The maximum atomic E-state index is 10.9. The molecule has 3 N–H and O–H groups in total. The second-order valence-electron chi connectivity index (χ2n) is 9.53. The van der Waals surface area contributed by atoms with Gasteiger partial charge in [-0.05, 0) is 73.0 Å². The van der Waals surface area contributed by atoms with Crippen molar-refractivity contribution in [3.8, 4) is 0 Å². The number of rotatable bonds is 0. The summed E-state index contributed by atoms with van der Waals surface area (Å²) in [6.07, 6.45) is 6.81. The van der Waals surface area contributed by atoms with Gasteiger partial charge < -0.3 is 15.3 Å². The van der Waals surface area contributed by atoms with E-state index in [0.717, 1.165) is 25.2 Å². The van der Waals surface area contributed by atoms with E-state index in [2.05, 4.69) is 26.8 Å². The van der Waals surface area contributed by atoms with Crippen LogP contribution in [0.3, 0.4) is 0 Å². The molecule has 0 aromatic heterocycles. The molecule has 0 bridgehead atoms. The van der Waals surface area contributed by atoms with Gasteiger partial charge in [0.2, 0.25) is 0 Å². The Bertz CT molecular complexity index is 529. The fourth-order valence-electron chi connectivity index (χ4n) is 6.82. The van der Waals surface area contributed by atoms with E-state index in [-0.39, 0.29) is 22.7 Å². The minimum absolute atomic E-state index is 0.197. The van der Waals surface area contributed by atoms with Gasteiger partial charge in [-0.2, -0.15) is 0 Å². The van der Waals surface area contributed by atoms with Gasteiger partial charge in [0.1, 0.15) is 0 Å². The van der Waals surface area contributed by atoms with Gasteiger partial charge in [-0.1, -0.05) is 32.4 Å². The molecule has 4 rings (SSSR count). The normalized spacial score (nSPS) is 58.9.